The van der Waals surface area contributed by atoms with Crippen molar-refractivity contribution >= 4 is 27.5 Å². The van der Waals surface area contributed by atoms with Gasteiger partial charge in [0.25, 0.3) is 0 Å². The maximum absolute atomic E-state index is 11.8. The molecule has 0 aliphatic carbocycles. The van der Waals surface area contributed by atoms with E-state index in [1.165, 1.54) is 0 Å². The Bertz CT molecular complexity index is 497. The van der Waals surface area contributed by atoms with E-state index in [0.29, 0.717) is 6.42 Å². The van der Waals surface area contributed by atoms with Crippen LogP contribution in [0.3, 0.4) is 0 Å². The van der Waals surface area contributed by atoms with Gasteiger partial charge in [0.2, 0.25) is 5.91 Å². The summed E-state index contributed by atoms with van der Waals surface area (Å²) < 4.78 is 1.05. The smallest absolute Gasteiger partial charge is 0.223 e. The number of likely N-dealkylation sites (tertiary alicyclic amines) is 1. The van der Waals surface area contributed by atoms with E-state index in [-0.39, 0.29) is 11.9 Å². The monoisotopic (exact) mass is 307 g/mol. The van der Waals surface area contributed by atoms with Crippen LogP contribution in [0.1, 0.15) is 18.4 Å². The Hall–Kier alpha value is -1.36. The number of benzene rings is 1. The Balaban J connectivity index is 1.87. The average Bonchev–Trinajstić information content (AvgIpc) is 2.98. The van der Waals surface area contributed by atoms with Crippen LogP contribution in [0.15, 0.2) is 33.8 Å². The van der Waals surface area contributed by atoms with E-state index in [4.69, 9.17) is 0 Å². The number of nitrogens with one attached hydrogen (secondary N) is 1. The fourth-order valence-corrected chi connectivity index (χ4v) is 2.79. The van der Waals surface area contributed by atoms with Crippen molar-refractivity contribution in [2.45, 2.75) is 18.9 Å². The molecule has 0 bridgehead atoms. The molecule has 1 saturated heterocycles. The van der Waals surface area contributed by atoms with Crippen molar-refractivity contribution in [2.24, 2.45) is 5.10 Å². The highest BCUT2D eigenvalue weighted by Gasteiger charge is 2.34. The number of hydrogen-bond acceptors (Lipinski definition) is 3. The first-order chi connectivity index (χ1) is 8.75. The minimum absolute atomic E-state index is 0.0844. The van der Waals surface area contributed by atoms with Gasteiger partial charge in [0, 0.05) is 23.0 Å². The maximum Gasteiger partial charge on any atom is 0.223 e. The molecule has 3 rings (SSSR count). The van der Waals surface area contributed by atoms with Crippen molar-refractivity contribution in [3.8, 4) is 0 Å². The Kier molecular flexibility index (Phi) is 3.07. The third-order valence-corrected chi connectivity index (χ3v) is 3.95. The van der Waals surface area contributed by atoms with Gasteiger partial charge >= 0.3 is 0 Å². The van der Waals surface area contributed by atoms with Gasteiger partial charge in [-0.25, -0.2) is 0 Å². The topological polar surface area (TPSA) is 44.7 Å². The number of nitrogens with zero attached hydrogens (tertiary/aromatic N) is 2. The van der Waals surface area contributed by atoms with Gasteiger partial charge < -0.3 is 10.3 Å². The summed E-state index contributed by atoms with van der Waals surface area (Å²) in [5.41, 5.74) is 5.06. The lowest BCUT2D eigenvalue weighted by Gasteiger charge is -2.24. The number of rotatable bonds is 2. The number of halogens is 1. The summed E-state index contributed by atoms with van der Waals surface area (Å²) in [6.45, 7) is 1.57. The van der Waals surface area contributed by atoms with Crippen LogP contribution in [0.4, 0.5) is 0 Å². The predicted octanol–water partition coefficient (Wildman–Crippen LogP) is 1.75. The number of hydrazone groups is 1. The lowest BCUT2D eigenvalue weighted by Crippen LogP contribution is -2.43. The van der Waals surface area contributed by atoms with E-state index in [2.05, 4.69) is 26.5 Å². The molecule has 1 aromatic carbocycles. The standard InChI is InChI=1S/C13H14BrN3O/c14-10-5-3-9(4-6-10)13-11(8-15-16-13)17-7-1-2-12(17)18/h3-6,11,15H,1-2,7-8H2. The van der Waals surface area contributed by atoms with E-state index >= 15 is 0 Å². The van der Waals surface area contributed by atoms with E-state index < -0.39 is 0 Å². The summed E-state index contributed by atoms with van der Waals surface area (Å²) in [5.74, 6) is 0.244. The summed E-state index contributed by atoms with van der Waals surface area (Å²) in [7, 11) is 0. The normalized spacial score (nSPS) is 23.2. The summed E-state index contributed by atoms with van der Waals surface area (Å²) in [6.07, 6.45) is 1.63. The molecular weight excluding hydrogens is 294 g/mol. The largest absolute Gasteiger partial charge is 0.332 e. The third kappa shape index (κ3) is 2.03. The van der Waals surface area contributed by atoms with Gasteiger partial charge in [0.1, 0.15) is 0 Å². The fraction of sp³-hybridized carbons (Fsp3) is 0.385. The zero-order chi connectivity index (χ0) is 12.5. The van der Waals surface area contributed by atoms with Gasteiger partial charge in [-0.1, -0.05) is 28.1 Å². The molecule has 5 heteroatoms. The predicted molar refractivity (Wildman–Crippen MR) is 73.4 cm³/mol. The van der Waals surface area contributed by atoms with Crippen LogP contribution in [0, 0.1) is 0 Å². The minimum Gasteiger partial charge on any atom is -0.332 e. The second kappa shape index (κ2) is 4.72. The first-order valence-corrected chi connectivity index (χ1v) is 6.91. The highest BCUT2D eigenvalue weighted by Crippen LogP contribution is 2.21. The van der Waals surface area contributed by atoms with E-state index in [0.717, 1.165) is 35.3 Å². The van der Waals surface area contributed by atoms with Crippen LogP contribution in [0.25, 0.3) is 0 Å². The molecule has 1 atom stereocenters. The molecule has 1 fully saturated rings. The van der Waals surface area contributed by atoms with Crippen LogP contribution in [-0.4, -0.2) is 35.7 Å². The Morgan fingerprint density at radius 3 is 2.78 bits per heavy atom. The molecule has 0 spiro atoms. The highest BCUT2D eigenvalue weighted by atomic mass is 79.9. The van der Waals surface area contributed by atoms with Crippen LogP contribution in [0.2, 0.25) is 0 Å². The van der Waals surface area contributed by atoms with Crippen LogP contribution in [-0.2, 0) is 4.79 Å². The Labute approximate surface area is 114 Å². The van der Waals surface area contributed by atoms with E-state index in [1.807, 2.05) is 29.2 Å². The van der Waals surface area contributed by atoms with Gasteiger partial charge in [-0.15, -0.1) is 0 Å². The summed E-state index contributed by atoms with van der Waals surface area (Å²) >= 11 is 3.42. The third-order valence-electron chi connectivity index (χ3n) is 3.43. The van der Waals surface area contributed by atoms with E-state index in [1.54, 1.807) is 0 Å². The molecule has 0 saturated carbocycles. The lowest BCUT2D eigenvalue weighted by atomic mass is 10.0. The number of amides is 1. The lowest BCUT2D eigenvalue weighted by molar-refractivity contribution is -0.128. The van der Waals surface area contributed by atoms with Crippen LogP contribution in [0.5, 0.6) is 0 Å². The molecule has 1 unspecified atom stereocenters. The molecule has 4 nitrogen and oxygen atoms in total. The molecule has 1 amide bonds. The summed E-state index contributed by atoms with van der Waals surface area (Å²) in [5, 5.41) is 4.35. The Morgan fingerprint density at radius 2 is 2.11 bits per heavy atom. The molecule has 2 heterocycles. The zero-order valence-electron chi connectivity index (χ0n) is 9.90. The maximum atomic E-state index is 11.8. The second-order valence-corrected chi connectivity index (χ2v) is 5.49. The van der Waals surface area contributed by atoms with Crippen molar-refractivity contribution in [1.82, 2.24) is 10.3 Å². The zero-order valence-corrected chi connectivity index (χ0v) is 11.5. The fourth-order valence-electron chi connectivity index (χ4n) is 2.52. The number of carbonyl (C=O) groups is 1. The molecule has 2 aliphatic rings. The van der Waals surface area contributed by atoms with Crippen molar-refractivity contribution in [2.75, 3.05) is 13.1 Å². The SMILES string of the molecule is O=C1CCCN1C1CNN=C1c1ccc(Br)cc1. The molecule has 18 heavy (non-hydrogen) atoms. The first-order valence-electron chi connectivity index (χ1n) is 6.11. The van der Waals surface area contributed by atoms with E-state index in [9.17, 15) is 4.79 Å². The van der Waals surface area contributed by atoms with Crippen LogP contribution < -0.4 is 5.43 Å². The van der Waals surface area contributed by atoms with Crippen molar-refractivity contribution < 1.29 is 4.79 Å². The molecule has 0 radical (unpaired) electrons. The Morgan fingerprint density at radius 1 is 1.33 bits per heavy atom. The molecular formula is C13H14BrN3O. The van der Waals surface area contributed by atoms with Gasteiger partial charge in [-0.3, -0.25) is 4.79 Å². The highest BCUT2D eigenvalue weighted by molar-refractivity contribution is 9.10. The molecule has 2 aliphatic heterocycles. The van der Waals surface area contributed by atoms with Crippen LogP contribution >= 0.6 is 15.9 Å². The minimum atomic E-state index is 0.0844. The number of carbonyl (C=O) groups excluding carboxylic acids is 1. The average molecular weight is 308 g/mol. The number of hydrogen-bond donors (Lipinski definition) is 1. The van der Waals surface area contributed by atoms with Crippen molar-refractivity contribution in [3.05, 3.63) is 34.3 Å². The second-order valence-electron chi connectivity index (χ2n) is 4.57. The quantitative estimate of drug-likeness (QED) is 0.904. The molecule has 1 N–H and O–H groups in total. The molecule has 1 aromatic rings. The first kappa shape index (κ1) is 11.7. The van der Waals surface area contributed by atoms with Gasteiger partial charge in [-0.05, 0) is 18.6 Å². The van der Waals surface area contributed by atoms with Crippen molar-refractivity contribution in [1.29, 1.82) is 0 Å². The van der Waals surface area contributed by atoms with Gasteiger partial charge in [-0.2, -0.15) is 5.10 Å². The van der Waals surface area contributed by atoms with Crippen molar-refractivity contribution in [3.63, 3.8) is 0 Å². The summed E-state index contributed by atoms with van der Waals surface area (Å²) in [4.78, 5) is 13.8. The van der Waals surface area contributed by atoms with Gasteiger partial charge in [0.05, 0.1) is 18.3 Å². The molecule has 94 valence electrons. The summed E-state index contributed by atoms with van der Waals surface area (Å²) in [6, 6.07) is 8.14. The molecule has 0 aromatic heterocycles. The van der Waals surface area contributed by atoms with Gasteiger partial charge in [0.15, 0.2) is 0 Å².